The van der Waals surface area contributed by atoms with Gasteiger partial charge < -0.3 is 20.3 Å². The summed E-state index contributed by atoms with van der Waals surface area (Å²) in [5, 5.41) is 5.92. The third-order valence-corrected chi connectivity index (χ3v) is 6.75. The van der Waals surface area contributed by atoms with E-state index >= 15 is 0 Å². The summed E-state index contributed by atoms with van der Waals surface area (Å²) >= 11 is 0.992. The summed E-state index contributed by atoms with van der Waals surface area (Å²) in [7, 11) is 0. The Kier molecular flexibility index (Phi) is 7.69. The molecule has 0 saturated carbocycles. The molecule has 1 aliphatic heterocycles. The second-order valence-electron chi connectivity index (χ2n) is 8.54. The number of likely N-dealkylation sites (tertiary alicyclic amines) is 1. The summed E-state index contributed by atoms with van der Waals surface area (Å²) in [6, 6.07) is 3.42. The minimum absolute atomic E-state index is 0.0582. The van der Waals surface area contributed by atoms with E-state index in [9.17, 15) is 18.0 Å². The van der Waals surface area contributed by atoms with Gasteiger partial charge in [0.25, 0.3) is 5.91 Å². The quantitative estimate of drug-likeness (QED) is 0.459. The Bertz CT molecular complexity index is 1190. The van der Waals surface area contributed by atoms with Crippen LogP contribution in [0.1, 0.15) is 42.0 Å². The first-order chi connectivity index (χ1) is 17.1. The van der Waals surface area contributed by atoms with Crippen LogP contribution in [0.4, 0.5) is 29.7 Å². The van der Waals surface area contributed by atoms with E-state index in [4.69, 9.17) is 4.74 Å². The van der Waals surface area contributed by atoms with Gasteiger partial charge in [-0.05, 0) is 37.5 Å². The lowest BCUT2D eigenvalue weighted by Crippen LogP contribution is -2.44. The molecule has 9 nitrogen and oxygen atoms in total. The van der Waals surface area contributed by atoms with Crippen LogP contribution in [0, 0.1) is 12.8 Å². The molecule has 13 heteroatoms. The molecule has 0 spiro atoms. The number of alkyl halides is 3. The number of aryl methyl sites for hydroxylation is 1. The summed E-state index contributed by atoms with van der Waals surface area (Å²) in [5.41, 5.74) is 0.0677. The van der Waals surface area contributed by atoms with E-state index in [0.717, 1.165) is 43.8 Å². The van der Waals surface area contributed by atoms with Gasteiger partial charge in [0.1, 0.15) is 16.9 Å². The molecular weight excluding hydrogens is 495 g/mol. The van der Waals surface area contributed by atoms with Crippen molar-refractivity contribution < 1.29 is 22.7 Å². The Morgan fingerprint density at radius 3 is 2.64 bits per heavy atom. The van der Waals surface area contributed by atoms with E-state index in [1.54, 1.807) is 19.1 Å². The molecule has 2 atom stereocenters. The van der Waals surface area contributed by atoms with E-state index in [2.05, 4.69) is 48.7 Å². The minimum atomic E-state index is -4.59. The molecule has 36 heavy (non-hydrogen) atoms. The van der Waals surface area contributed by atoms with E-state index in [-0.39, 0.29) is 17.5 Å². The maximum Gasteiger partial charge on any atom is 0.434 e. The van der Waals surface area contributed by atoms with Crippen LogP contribution < -0.4 is 15.4 Å². The fourth-order valence-electron chi connectivity index (χ4n) is 3.92. The molecule has 0 bridgehead atoms. The highest BCUT2D eigenvalue weighted by Crippen LogP contribution is 2.30. The predicted octanol–water partition coefficient (Wildman–Crippen LogP) is 4.76. The summed E-state index contributed by atoms with van der Waals surface area (Å²) in [4.78, 5) is 26.8. The van der Waals surface area contributed by atoms with Crippen LogP contribution in [0.5, 0.6) is 5.88 Å². The maximum absolute atomic E-state index is 13.0. The molecule has 192 valence electrons. The zero-order chi connectivity index (χ0) is 25.9. The number of pyridine rings is 1. The number of hydrogen-bond donors (Lipinski definition) is 2. The zero-order valence-corrected chi connectivity index (χ0v) is 20.8. The molecule has 1 aliphatic rings. The van der Waals surface area contributed by atoms with Crippen molar-refractivity contribution >= 4 is 33.9 Å². The first-order valence-corrected chi connectivity index (χ1v) is 12.2. The second kappa shape index (κ2) is 10.7. The number of ether oxygens (including phenoxy) is 1. The Labute approximate surface area is 210 Å². The highest BCUT2D eigenvalue weighted by atomic mass is 32.1. The van der Waals surface area contributed by atoms with Crippen molar-refractivity contribution in [3.63, 3.8) is 0 Å². The molecule has 4 heterocycles. The molecule has 2 N–H and O–H groups in total. The van der Waals surface area contributed by atoms with E-state index < -0.39 is 17.8 Å². The van der Waals surface area contributed by atoms with Crippen LogP contribution >= 0.6 is 11.5 Å². The number of carbonyl (C=O) groups is 1. The van der Waals surface area contributed by atoms with Crippen LogP contribution in [0.3, 0.4) is 0 Å². The van der Waals surface area contributed by atoms with Gasteiger partial charge in [0.05, 0.1) is 35.5 Å². The van der Waals surface area contributed by atoms with Gasteiger partial charge in [-0.1, -0.05) is 13.8 Å². The number of aromatic nitrogens is 4. The van der Waals surface area contributed by atoms with Gasteiger partial charge in [0.2, 0.25) is 5.88 Å². The standard InChI is InChI=1S/C23H26F3N7O2S/c1-4-33-8-7-16(13(2)12-33)35-19-6-5-15(9-29-19)30-21(34)20-14(3)32-36-22(20)31-18-11-27-17(10-28-18)23(24,25)26/h5-6,9-11,13,16H,4,7-8,12H2,1-3H3,(H,28,31)(H,30,34)/t13-,16+/m1/s1. The number of anilines is 3. The molecule has 4 rings (SSSR count). The number of piperidine rings is 1. The number of carbonyl (C=O) groups excluding carboxylic acids is 1. The molecule has 0 aromatic carbocycles. The lowest BCUT2D eigenvalue weighted by molar-refractivity contribution is -0.141. The SMILES string of the molecule is CCN1CC[C@H](Oc2ccc(NC(=O)c3c(C)nsc3Nc3cnc(C(F)(F)F)cn3)cn2)[C@H](C)C1. The van der Waals surface area contributed by atoms with Crippen LogP contribution in [0.2, 0.25) is 0 Å². The number of nitrogens with one attached hydrogen (secondary N) is 2. The highest BCUT2D eigenvalue weighted by molar-refractivity contribution is 7.10. The molecule has 0 aliphatic carbocycles. The van der Waals surface area contributed by atoms with Crippen LogP contribution in [0.15, 0.2) is 30.7 Å². The average molecular weight is 522 g/mol. The molecule has 3 aromatic heterocycles. The molecule has 0 unspecified atom stereocenters. The van der Waals surface area contributed by atoms with Gasteiger partial charge in [0, 0.05) is 25.1 Å². The third-order valence-electron chi connectivity index (χ3n) is 5.90. The number of halogens is 3. The lowest BCUT2D eigenvalue weighted by atomic mass is 9.96. The molecule has 3 aromatic rings. The smallest absolute Gasteiger partial charge is 0.434 e. The van der Waals surface area contributed by atoms with E-state index in [0.29, 0.717) is 34.4 Å². The second-order valence-corrected chi connectivity index (χ2v) is 9.31. The first kappa shape index (κ1) is 25.8. The van der Waals surface area contributed by atoms with Gasteiger partial charge >= 0.3 is 6.18 Å². The number of hydrogen-bond acceptors (Lipinski definition) is 9. The number of rotatable bonds is 7. The average Bonchev–Trinajstić information content (AvgIpc) is 3.21. The van der Waals surface area contributed by atoms with Gasteiger partial charge in [-0.25, -0.2) is 15.0 Å². The summed E-state index contributed by atoms with van der Waals surface area (Å²) in [6.45, 7) is 8.98. The molecule has 0 radical (unpaired) electrons. The topological polar surface area (TPSA) is 105 Å². The highest BCUT2D eigenvalue weighted by Gasteiger charge is 2.33. The molecular formula is C23H26F3N7O2S. The van der Waals surface area contributed by atoms with Crippen LogP contribution in [0.25, 0.3) is 0 Å². The monoisotopic (exact) mass is 521 g/mol. The normalized spacial score (nSPS) is 18.6. The van der Waals surface area contributed by atoms with E-state index in [1.807, 2.05) is 0 Å². The van der Waals surface area contributed by atoms with Crippen molar-refractivity contribution in [2.24, 2.45) is 5.92 Å². The Morgan fingerprint density at radius 1 is 1.22 bits per heavy atom. The Morgan fingerprint density at radius 2 is 2.03 bits per heavy atom. The molecule has 1 amide bonds. The largest absolute Gasteiger partial charge is 0.474 e. The van der Waals surface area contributed by atoms with Gasteiger partial charge in [-0.2, -0.15) is 17.5 Å². The maximum atomic E-state index is 13.0. The summed E-state index contributed by atoms with van der Waals surface area (Å²) in [5.74, 6) is 0.489. The van der Waals surface area contributed by atoms with Gasteiger partial charge in [-0.15, -0.1) is 0 Å². The summed E-state index contributed by atoms with van der Waals surface area (Å²) in [6.07, 6.45) is -0.477. The van der Waals surface area contributed by atoms with Crippen molar-refractivity contribution in [3.05, 3.63) is 47.7 Å². The van der Waals surface area contributed by atoms with Crippen molar-refractivity contribution in [3.8, 4) is 5.88 Å². The third kappa shape index (κ3) is 6.08. The van der Waals surface area contributed by atoms with Crippen LogP contribution in [-0.4, -0.2) is 55.9 Å². The Hall–Kier alpha value is -3.32. The number of amides is 1. The van der Waals surface area contributed by atoms with Gasteiger partial charge in [0.15, 0.2) is 5.69 Å². The van der Waals surface area contributed by atoms with E-state index in [1.165, 1.54) is 6.20 Å². The lowest BCUT2D eigenvalue weighted by Gasteiger charge is -2.36. The van der Waals surface area contributed by atoms with Crippen molar-refractivity contribution in [1.82, 2.24) is 24.2 Å². The fraction of sp³-hybridized carbons (Fsp3) is 0.435. The molecule has 1 saturated heterocycles. The van der Waals surface area contributed by atoms with Gasteiger partial charge in [-0.3, -0.25) is 4.79 Å². The molecule has 1 fully saturated rings. The zero-order valence-electron chi connectivity index (χ0n) is 20.0. The van der Waals surface area contributed by atoms with Crippen molar-refractivity contribution in [2.45, 2.75) is 39.5 Å². The Balaban J connectivity index is 1.39. The van der Waals surface area contributed by atoms with Crippen molar-refractivity contribution in [1.29, 1.82) is 0 Å². The predicted molar refractivity (Wildman–Crippen MR) is 130 cm³/mol. The van der Waals surface area contributed by atoms with Crippen LogP contribution in [-0.2, 0) is 6.18 Å². The minimum Gasteiger partial charge on any atom is -0.474 e. The van der Waals surface area contributed by atoms with Crippen molar-refractivity contribution in [2.75, 3.05) is 30.3 Å². The first-order valence-electron chi connectivity index (χ1n) is 11.4. The summed E-state index contributed by atoms with van der Waals surface area (Å²) < 4.78 is 48.4. The fourth-order valence-corrected chi connectivity index (χ4v) is 4.72. The number of nitrogens with zero attached hydrogens (tertiary/aromatic N) is 5.